The Morgan fingerprint density at radius 1 is 1.08 bits per heavy atom. The molecule has 0 aliphatic carbocycles. The molecule has 1 N–H and O–H groups in total. The fourth-order valence-electron chi connectivity index (χ4n) is 3.40. The topological polar surface area (TPSA) is 99.3 Å². The monoisotopic (exact) mass is 522 g/mol. The third-order valence-electron chi connectivity index (χ3n) is 5.65. The van der Waals surface area contributed by atoms with Gasteiger partial charge in [0, 0.05) is 27.2 Å². The zero-order valence-corrected chi connectivity index (χ0v) is 22.2. The highest BCUT2D eigenvalue weighted by molar-refractivity contribution is 7.90. The number of anilines is 1. The molecular weight excluding hydrogens is 487 g/mol. The molecule has 11 heteroatoms. The Balaban J connectivity index is 2.42. The zero-order chi connectivity index (χ0) is 26.9. The first kappa shape index (κ1) is 29.1. The molecule has 0 radical (unpaired) electrons. The van der Waals surface area contributed by atoms with E-state index >= 15 is 0 Å². The van der Waals surface area contributed by atoms with E-state index in [2.05, 4.69) is 5.32 Å². The van der Waals surface area contributed by atoms with E-state index in [1.54, 1.807) is 31.2 Å². The van der Waals surface area contributed by atoms with E-state index in [1.807, 2.05) is 6.92 Å². The first-order chi connectivity index (χ1) is 17.0. The summed E-state index contributed by atoms with van der Waals surface area (Å²) in [6, 6.07) is 11.4. The molecule has 2 rings (SSSR count). The van der Waals surface area contributed by atoms with Gasteiger partial charge < -0.3 is 15.0 Å². The Morgan fingerprint density at radius 3 is 2.28 bits per heavy atom. The van der Waals surface area contributed by atoms with Crippen molar-refractivity contribution in [2.75, 3.05) is 38.6 Å². The number of carbonyl (C=O) groups is 2. The van der Waals surface area contributed by atoms with Crippen molar-refractivity contribution in [1.82, 2.24) is 14.5 Å². The van der Waals surface area contributed by atoms with Crippen LogP contribution in [-0.4, -0.2) is 69.8 Å². The molecule has 0 fully saturated rings. The number of ether oxygens (including phenoxy) is 1. The van der Waals surface area contributed by atoms with Crippen LogP contribution in [0.4, 0.5) is 10.1 Å². The summed E-state index contributed by atoms with van der Waals surface area (Å²) in [6.07, 6.45) is 1.68. The number of carbonyl (C=O) groups excluding carboxylic acids is 2. The van der Waals surface area contributed by atoms with Gasteiger partial charge >= 0.3 is 10.2 Å². The maximum Gasteiger partial charge on any atom is 0.304 e. The molecule has 0 bridgehead atoms. The molecule has 0 aromatic heterocycles. The maximum absolute atomic E-state index is 14.6. The van der Waals surface area contributed by atoms with Gasteiger partial charge in [-0.15, -0.1) is 0 Å². The average Bonchev–Trinajstić information content (AvgIpc) is 2.86. The molecule has 36 heavy (non-hydrogen) atoms. The normalized spacial score (nSPS) is 12.2. The summed E-state index contributed by atoms with van der Waals surface area (Å²) < 4.78 is 47.6. The van der Waals surface area contributed by atoms with Gasteiger partial charge in [-0.25, -0.2) is 8.70 Å². The van der Waals surface area contributed by atoms with Crippen LogP contribution in [0.1, 0.15) is 32.3 Å². The van der Waals surface area contributed by atoms with E-state index in [-0.39, 0.29) is 18.1 Å². The molecule has 2 amide bonds. The molecule has 0 spiro atoms. The van der Waals surface area contributed by atoms with Gasteiger partial charge in [0.2, 0.25) is 11.8 Å². The molecule has 0 heterocycles. The van der Waals surface area contributed by atoms with Crippen molar-refractivity contribution < 1.29 is 27.1 Å². The SMILES string of the molecule is CCCCNC(=O)[C@@H](C)N(Cc1ccc(OC)cc1)C(=O)CN(c1ccccc1F)S(=O)(=O)N(C)C. The minimum absolute atomic E-state index is 0.0400. The quantitative estimate of drug-likeness (QED) is 0.408. The molecule has 198 valence electrons. The Morgan fingerprint density at radius 2 is 1.72 bits per heavy atom. The number of amides is 2. The van der Waals surface area contributed by atoms with Crippen molar-refractivity contribution in [2.45, 2.75) is 39.3 Å². The number of methoxy groups -OCH3 is 1. The highest BCUT2D eigenvalue weighted by Crippen LogP contribution is 2.24. The molecule has 0 saturated heterocycles. The summed E-state index contributed by atoms with van der Waals surface area (Å²) in [4.78, 5) is 27.7. The van der Waals surface area contributed by atoms with Crippen LogP contribution in [0.5, 0.6) is 5.75 Å². The Labute approximate surface area is 213 Å². The van der Waals surface area contributed by atoms with Crippen LogP contribution in [0.25, 0.3) is 0 Å². The van der Waals surface area contributed by atoms with Crippen LogP contribution in [0.3, 0.4) is 0 Å². The number of benzene rings is 2. The summed E-state index contributed by atoms with van der Waals surface area (Å²) >= 11 is 0. The minimum Gasteiger partial charge on any atom is -0.497 e. The molecule has 0 unspecified atom stereocenters. The van der Waals surface area contributed by atoms with Gasteiger partial charge in [-0.05, 0) is 43.2 Å². The van der Waals surface area contributed by atoms with Crippen LogP contribution in [0, 0.1) is 5.82 Å². The van der Waals surface area contributed by atoms with Crippen LogP contribution < -0.4 is 14.4 Å². The van der Waals surface area contributed by atoms with E-state index < -0.39 is 34.5 Å². The van der Waals surface area contributed by atoms with Crippen molar-refractivity contribution in [3.8, 4) is 5.75 Å². The molecular formula is C25H35FN4O5S. The average molecular weight is 523 g/mol. The Hall–Kier alpha value is -3.18. The lowest BCUT2D eigenvalue weighted by Crippen LogP contribution is -2.52. The largest absolute Gasteiger partial charge is 0.497 e. The first-order valence-corrected chi connectivity index (χ1v) is 13.1. The van der Waals surface area contributed by atoms with Gasteiger partial charge in [-0.1, -0.05) is 37.6 Å². The number of hydrogen-bond acceptors (Lipinski definition) is 5. The number of unbranched alkanes of at least 4 members (excludes halogenated alkanes) is 1. The summed E-state index contributed by atoms with van der Waals surface area (Å²) in [5, 5.41) is 2.81. The Bertz CT molecular complexity index is 1130. The number of para-hydroxylation sites is 1. The highest BCUT2D eigenvalue weighted by Gasteiger charge is 2.33. The number of hydrogen-bond donors (Lipinski definition) is 1. The summed E-state index contributed by atoms with van der Waals surface area (Å²) in [5.41, 5.74) is 0.453. The van der Waals surface area contributed by atoms with Crippen molar-refractivity contribution >= 4 is 27.7 Å². The summed E-state index contributed by atoms with van der Waals surface area (Å²) in [6.45, 7) is 3.39. The third-order valence-corrected chi connectivity index (χ3v) is 7.45. The smallest absolute Gasteiger partial charge is 0.304 e. The highest BCUT2D eigenvalue weighted by atomic mass is 32.2. The number of rotatable bonds is 13. The zero-order valence-electron chi connectivity index (χ0n) is 21.4. The van der Waals surface area contributed by atoms with E-state index in [1.165, 1.54) is 44.3 Å². The molecule has 0 aliphatic rings. The van der Waals surface area contributed by atoms with E-state index in [0.717, 1.165) is 23.2 Å². The van der Waals surface area contributed by atoms with Crippen molar-refractivity contribution in [3.63, 3.8) is 0 Å². The molecule has 0 saturated carbocycles. The number of nitrogens with zero attached hydrogens (tertiary/aromatic N) is 3. The lowest BCUT2D eigenvalue weighted by Gasteiger charge is -2.33. The first-order valence-electron chi connectivity index (χ1n) is 11.7. The van der Waals surface area contributed by atoms with E-state index in [0.29, 0.717) is 22.2 Å². The van der Waals surface area contributed by atoms with Gasteiger partial charge in [0.1, 0.15) is 24.2 Å². The standard InChI is InChI=1S/C25H35FN4O5S/c1-6-7-16-27-25(32)19(2)29(17-20-12-14-21(35-5)15-13-20)24(31)18-30(36(33,34)28(3)4)23-11-9-8-10-22(23)26/h8-15,19H,6-7,16-18H2,1-5H3,(H,27,32)/t19-/m1/s1. The van der Waals surface area contributed by atoms with Gasteiger partial charge in [-0.3, -0.25) is 9.59 Å². The molecule has 9 nitrogen and oxygen atoms in total. The molecule has 2 aromatic rings. The third kappa shape index (κ3) is 7.41. The van der Waals surface area contributed by atoms with Crippen LogP contribution in [-0.2, 0) is 26.3 Å². The summed E-state index contributed by atoms with van der Waals surface area (Å²) in [5.74, 6) is -1.18. The predicted octanol–water partition coefficient (Wildman–Crippen LogP) is 2.78. The molecule has 2 aromatic carbocycles. The van der Waals surface area contributed by atoms with Crippen LogP contribution in [0.2, 0.25) is 0 Å². The van der Waals surface area contributed by atoms with Crippen LogP contribution in [0.15, 0.2) is 48.5 Å². The van der Waals surface area contributed by atoms with Gasteiger partial charge in [0.15, 0.2) is 0 Å². The lowest BCUT2D eigenvalue weighted by atomic mass is 10.1. The van der Waals surface area contributed by atoms with E-state index in [4.69, 9.17) is 4.74 Å². The lowest BCUT2D eigenvalue weighted by molar-refractivity contribution is -0.139. The predicted molar refractivity (Wildman–Crippen MR) is 137 cm³/mol. The van der Waals surface area contributed by atoms with Crippen molar-refractivity contribution in [3.05, 3.63) is 59.9 Å². The number of nitrogens with one attached hydrogen (secondary N) is 1. The second-order valence-electron chi connectivity index (χ2n) is 8.44. The van der Waals surface area contributed by atoms with Gasteiger partial charge in [0.05, 0.1) is 12.8 Å². The fourth-order valence-corrected chi connectivity index (χ4v) is 4.47. The number of halogens is 1. The van der Waals surface area contributed by atoms with Crippen molar-refractivity contribution in [1.29, 1.82) is 0 Å². The van der Waals surface area contributed by atoms with E-state index in [9.17, 15) is 22.4 Å². The van der Waals surface area contributed by atoms with Gasteiger partial charge in [0.25, 0.3) is 0 Å². The van der Waals surface area contributed by atoms with Crippen LogP contribution >= 0.6 is 0 Å². The minimum atomic E-state index is -4.23. The maximum atomic E-state index is 14.6. The van der Waals surface area contributed by atoms with Gasteiger partial charge in [-0.2, -0.15) is 12.7 Å². The second kappa shape index (κ2) is 13.2. The fraction of sp³-hybridized carbons (Fsp3) is 0.440. The van der Waals surface area contributed by atoms with Crippen molar-refractivity contribution in [2.24, 2.45) is 0 Å². The second-order valence-corrected chi connectivity index (χ2v) is 10.5. The molecule has 0 aliphatic heterocycles. The molecule has 1 atom stereocenters. The summed E-state index contributed by atoms with van der Waals surface area (Å²) in [7, 11) is -0.0923. The Kier molecular flexibility index (Phi) is 10.7.